The van der Waals surface area contributed by atoms with Crippen molar-refractivity contribution in [3.63, 3.8) is 0 Å². The highest BCUT2D eigenvalue weighted by atomic mass is 32.2. The molecule has 22 heavy (non-hydrogen) atoms. The number of amides is 1. The van der Waals surface area contributed by atoms with Crippen molar-refractivity contribution in [3.05, 3.63) is 23.8 Å². The van der Waals surface area contributed by atoms with Crippen LogP contribution >= 0.6 is 0 Å². The lowest BCUT2D eigenvalue weighted by atomic mass is 10.0. The Labute approximate surface area is 129 Å². The molecule has 1 aromatic carbocycles. The van der Waals surface area contributed by atoms with E-state index in [-0.39, 0.29) is 23.8 Å². The number of ether oxygens (including phenoxy) is 2. The number of fused-ring (bicyclic) bond motifs is 1. The van der Waals surface area contributed by atoms with E-state index in [4.69, 9.17) is 9.47 Å². The summed E-state index contributed by atoms with van der Waals surface area (Å²) < 4.78 is 34.1. The number of sulfone groups is 1. The Morgan fingerprint density at radius 1 is 1.27 bits per heavy atom. The van der Waals surface area contributed by atoms with Gasteiger partial charge in [0.25, 0.3) is 0 Å². The van der Waals surface area contributed by atoms with Gasteiger partial charge in [0.05, 0.1) is 23.5 Å². The van der Waals surface area contributed by atoms with E-state index < -0.39 is 15.4 Å². The normalized spacial score (nSPS) is 25.7. The summed E-state index contributed by atoms with van der Waals surface area (Å²) >= 11 is 0. The van der Waals surface area contributed by atoms with E-state index >= 15 is 0 Å². The molecule has 1 fully saturated rings. The molecule has 6 nitrogen and oxygen atoms in total. The Morgan fingerprint density at radius 3 is 2.68 bits per heavy atom. The third-order valence-electron chi connectivity index (χ3n) is 3.92. The number of nitrogens with one attached hydrogen (secondary N) is 1. The quantitative estimate of drug-likeness (QED) is 0.884. The minimum Gasteiger partial charge on any atom is -0.486 e. The number of hydrogen-bond donors (Lipinski definition) is 1. The zero-order valence-corrected chi connectivity index (χ0v) is 13.2. The number of benzene rings is 1. The first-order valence-corrected chi connectivity index (χ1v) is 9.07. The van der Waals surface area contributed by atoms with E-state index in [2.05, 4.69) is 5.32 Å². The highest BCUT2D eigenvalue weighted by Crippen LogP contribution is 2.31. The van der Waals surface area contributed by atoms with Crippen LogP contribution in [0.5, 0.6) is 11.5 Å². The highest BCUT2D eigenvalue weighted by Gasteiger charge is 2.39. The molecular weight excluding hydrogens is 306 g/mol. The van der Waals surface area contributed by atoms with Crippen molar-refractivity contribution < 1.29 is 22.7 Å². The summed E-state index contributed by atoms with van der Waals surface area (Å²) in [7, 11) is -3.04. The molecule has 0 aliphatic carbocycles. The number of hydrogen-bond acceptors (Lipinski definition) is 5. The van der Waals surface area contributed by atoms with Crippen LogP contribution in [0.4, 0.5) is 0 Å². The van der Waals surface area contributed by atoms with E-state index in [1.54, 1.807) is 19.1 Å². The van der Waals surface area contributed by atoms with E-state index in [0.717, 1.165) is 5.56 Å². The van der Waals surface area contributed by atoms with Gasteiger partial charge >= 0.3 is 0 Å². The molecule has 120 valence electrons. The van der Waals surface area contributed by atoms with Crippen LogP contribution in [0.15, 0.2) is 18.2 Å². The van der Waals surface area contributed by atoms with Gasteiger partial charge < -0.3 is 14.8 Å². The summed E-state index contributed by atoms with van der Waals surface area (Å²) in [5.74, 6) is 1.28. The topological polar surface area (TPSA) is 81.7 Å². The van der Waals surface area contributed by atoms with Gasteiger partial charge in [0.2, 0.25) is 5.91 Å². The highest BCUT2D eigenvalue weighted by molar-refractivity contribution is 7.91. The predicted octanol–water partition coefficient (Wildman–Crippen LogP) is 0.694. The van der Waals surface area contributed by atoms with Crippen molar-refractivity contribution >= 4 is 15.7 Å². The summed E-state index contributed by atoms with van der Waals surface area (Å²) in [4.78, 5) is 12.2. The number of rotatable bonds is 3. The standard InChI is InChI=1S/C15H19NO5S/c1-15(4-7-22(18,19)10-15)16-14(17)9-11-2-3-12-13(8-11)21-6-5-20-12/h2-3,8H,4-7,9-10H2,1H3,(H,16,17)/t15-/m1/s1. The SMILES string of the molecule is C[C@@]1(NC(=O)Cc2ccc3c(c2)OCCO3)CCS(=O)(=O)C1. The molecule has 0 saturated carbocycles. The molecule has 1 aromatic rings. The molecule has 2 aliphatic heterocycles. The number of carbonyl (C=O) groups excluding carboxylic acids is 1. The number of carbonyl (C=O) groups is 1. The molecule has 1 atom stereocenters. The van der Waals surface area contributed by atoms with Gasteiger partial charge in [-0.15, -0.1) is 0 Å². The maximum absolute atomic E-state index is 12.2. The Morgan fingerprint density at radius 2 is 2.00 bits per heavy atom. The van der Waals surface area contributed by atoms with Gasteiger partial charge in [0.1, 0.15) is 13.2 Å². The Balaban J connectivity index is 1.65. The van der Waals surface area contributed by atoms with Crippen molar-refractivity contribution in [2.24, 2.45) is 0 Å². The van der Waals surface area contributed by atoms with Crippen LogP contribution in [0.3, 0.4) is 0 Å². The molecule has 0 aromatic heterocycles. The van der Waals surface area contributed by atoms with Crippen molar-refractivity contribution in [3.8, 4) is 11.5 Å². The Bertz CT molecular complexity index is 700. The van der Waals surface area contributed by atoms with Crippen molar-refractivity contribution in [2.45, 2.75) is 25.3 Å². The first kappa shape index (κ1) is 15.1. The molecule has 0 bridgehead atoms. The minimum atomic E-state index is -3.04. The van der Waals surface area contributed by atoms with Gasteiger partial charge in [-0.25, -0.2) is 8.42 Å². The molecule has 1 saturated heterocycles. The fourth-order valence-electron chi connectivity index (χ4n) is 2.87. The third kappa shape index (κ3) is 3.35. The van der Waals surface area contributed by atoms with Crippen molar-refractivity contribution in [1.82, 2.24) is 5.32 Å². The average molecular weight is 325 g/mol. The lowest BCUT2D eigenvalue weighted by Crippen LogP contribution is -2.47. The first-order chi connectivity index (χ1) is 10.4. The van der Waals surface area contributed by atoms with Gasteiger partial charge in [0.15, 0.2) is 21.3 Å². The molecule has 1 amide bonds. The van der Waals surface area contributed by atoms with Crippen LogP contribution in [-0.4, -0.2) is 44.6 Å². The van der Waals surface area contributed by atoms with Crippen LogP contribution in [0, 0.1) is 0 Å². The molecule has 3 rings (SSSR count). The fraction of sp³-hybridized carbons (Fsp3) is 0.533. The van der Waals surface area contributed by atoms with Gasteiger partial charge in [-0.05, 0) is 31.0 Å². The summed E-state index contributed by atoms with van der Waals surface area (Å²) in [5.41, 5.74) is 0.148. The second-order valence-corrected chi connectivity index (χ2v) is 8.29. The van der Waals surface area contributed by atoms with Crippen molar-refractivity contribution in [1.29, 1.82) is 0 Å². The van der Waals surface area contributed by atoms with E-state index in [1.165, 1.54) is 0 Å². The Hall–Kier alpha value is -1.76. The summed E-state index contributed by atoms with van der Waals surface area (Å²) in [6.07, 6.45) is 0.647. The van der Waals surface area contributed by atoms with Gasteiger partial charge in [0, 0.05) is 0 Å². The first-order valence-electron chi connectivity index (χ1n) is 7.25. The van der Waals surface area contributed by atoms with E-state index in [1.807, 2.05) is 6.07 Å². The van der Waals surface area contributed by atoms with Gasteiger partial charge in [-0.2, -0.15) is 0 Å². The molecule has 0 unspecified atom stereocenters. The summed E-state index contributed by atoms with van der Waals surface area (Å²) in [6, 6.07) is 5.40. The second-order valence-electron chi connectivity index (χ2n) is 6.11. The van der Waals surface area contributed by atoms with E-state index in [0.29, 0.717) is 31.1 Å². The largest absolute Gasteiger partial charge is 0.486 e. The average Bonchev–Trinajstić information content (AvgIpc) is 2.72. The van der Waals surface area contributed by atoms with Crippen LogP contribution in [0.2, 0.25) is 0 Å². The van der Waals surface area contributed by atoms with Crippen LogP contribution in [0.25, 0.3) is 0 Å². The van der Waals surface area contributed by atoms with E-state index in [9.17, 15) is 13.2 Å². The minimum absolute atomic E-state index is 0.00682. The molecular formula is C15H19NO5S. The van der Waals surface area contributed by atoms with Gasteiger partial charge in [-0.1, -0.05) is 6.07 Å². The molecule has 2 heterocycles. The maximum atomic E-state index is 12.2. The maximum Gasteiger partial charge on any atom is 0.224 e. The second kappa shape index (κ2) is 5.46. The zero-order valence-electron chi connectivity index (χ0n) is 12.4. The molecule has 0 radical (unpaired) electrons. The zero-order chi connectivity index (χ0) is 15.8. The lowest BCUT2D eigenvalue weighted by molar-refractivity contribution is -0.121. The molecule has 2 aliphatic rings. The Kier molecular flexibility index (Phi) is 3.76. The fourth-order valence-corrected chi connectivity index (χ4v) is 4.97. The monoisotopic (exact) mass is 325 g/mol. The van der Waals surface area contributed by atoms with Gasteiger partial charge in [-0.3, -0.25) is 4.79 Å². The smallest absolute Gasteiger partial charge is 0.224 e. The predicted molar refractivity (Wildman–Crippen MR) is 81.0 cm³/mol. The molecule has 0 spiro atoms. The van der Waals surface area contributed by atoms with Crippen molar-refractivity contribution in [2.75, 3.05) is 24.7 Å². The summed E-state index contributed by atoms with van der Waals surface area (Å²) in [6.45, 7) is 2.80. The van der Waals surface area contributed by atoms with Crippen LogP contribution in [-0.2, 0) is 21.1 Å². The molecule has 7 heteroatoms. The van der Waals surface area contributed by atoms with Crippen LogP contribution in [0.1, 0.15) is 18.9 Å². The third-order valence-corrected chi connectivity index (χ3v) is 5.82. The molecule has 1 N–H and O–H groups in total. The van der Waals surface area contributed by atoms with Crippen LogP contribution < -0.4 is 14.8 Å². The lowest BCUT2D eigenvalue weighted by Gasteiger charge is -2.24. The summed E-state index contributed by atoms with van der Waals surface area (Å²) in [5, 5.41) is 2.85.